The highest BCUT2D eigenvalue weighted by atomic mass is 32.2. The van der Waals surface area contributed by atoms with Gasteiger partial charge in [-0.05, 0) is 42.0 Å². The van der Waals surface area contributed by atoms with Crippen molar-refractivity contribution in [3.05, 3.63) is 48.2 Å². The number of ether oxygens (including phenoxy) is 1. The molecule has 14 heteroatoms. The first kappa shape index (κ1) is 21.3. The third kappa shape index (κ3) is 5.36. The average molecular weight is 445 g/mol. The number of amides is 3. The van der Waals surface area contributed by atoms with E-state index in [1.165, 1.54) is 23.2 Å². The molecule has 0 atom stereocenters. The molecule has 0 saturated carbocycles. The fraction of sp³-hybridized carbons (Fsp3) is 0.188. The van der Waals surface area contributed by atoms with E-state index in [9.17, 15) is 31.2 Å². The second kappa shape index (κ2) is 7.79. The fourth-order valence-electron chi connectivity index (χ4n) is 2.72. The number of hydrogen-bond donors (Lipinski definition) is 2. The minimum atomic E-state index is -4.86. The highest BCUT2D eigenvalue weighted by molar-refractivity contribution is 7.90. The Bertz CT molecular complexity index is 1080. The van der Waals surface area contributed by atoms with Crippen LogP contribution in [0.2, 0.25) is 0 Å². The van der Waals surface area contributed by atoms with E-state index in [0.29, 0.717) is 5.56 Å². The van der Waals surface area contributed by atoms with Crippen molar-refractivity contribution in [3.63, 3.8) is 0 Å². The average Bonchev–Trinajstić information content (AvgIpc) is 2.87. The van der Waals surface area contributed by atoms with E-state index in [-0.39, 0.29) is 24.6 Å². The van der Waals surface area contributed by atoms with Crippen LogP contribution in [0.4, 0.5) is 29.5 Å². The van der Waals surface area contributed by atoms with Crippen LogP contribution in [0.5, 0.6) is 5.75 Å². The summed E-state index contributed by atoms with van der Waals surface area (Å²) in [7, 11) is -4.04. The zero-order valence-electron chi connectivity index (χ0n) is 15.0. The molecule has 3 rings (SSSR count). The smallest absolute Gasteiger partial charge is 0.406 e. The molecule has 1 aliphatic heterocycles. The number of rotatable bonds is 6. The van der Waals surface area contributed by atoms with E-state index in [1.54, 1.807) is 0 Å². The minimum Gasteiger partial charge on any atom is -0.406 e. The van der Waals surface area contributed by atoms with Gasteiger partial charge in [0, 0.05) is 12.7 Å². The van der Waals surface area contributed by atoms with Crippen LogP contribution in [-0.2, 0) is 21.5 Å². The number of urea groups is 1. The first-order chi connectivity index (χ1) is 13.9. The Morgan fingerprint density at radius 2 is 1.83 bits per heavy atom. The van der Waals surface area contributed by atoms with Gasteiger partial charge in [0.25, 0.3) is 16.1 Å². The SMILES string of the molecule is NS(=O)(=O)Nc1cc(CN2CC(=O)N(c3ccc(OC(F)(F)F)cc3)C2=O)ccn1. The number of imide groups is 1. The quantitative estimate of drug-likeness (QED) is 0.648. The van der Waals surface area contributed by atoms with Crippen LogP contribution >= 0.6 is 0 Å². The lowest BCUT2D eigenvalue weighted by atomic mass is 10.2. The highest BCUT2D eigenvalue weighted by Crippen LogP contribution is 2.28. The summed E-state index contributed by atoms with van der Waals surface area (Å²) in [6.07, 6.45) is -3.57. The maximum Gasteiger partial charge on any atom is 0.573 e. The summed E-state index contributed by atoms with van der Waals surface area (Å²) >= 11 is 0. The maximum absolute atomic E-state index is 12.6. The van der Waals surface area contributed by atoms with Crippen molar-refractivity contribution in [2.24, 2.45) is 5.14 Å². The maximum atomic E-state index is 12.6. The number of anilines is 2. The van der Waals surface area contributed by atoms with Crippen LogP contribution in [0.15, 0.2) is 42.6 Å². The lowest BCUT2D eigenvalue weighted by Gasteiger charge is -2.18. The predicted molar refractivity (Wildman–Crippen MR) is 97.4 cm³/mol. The normalized spacial score (nSPS) is 14.9. The number of halogens is 3. The Balaban J connectivity index is 1.73. The first-order valence-corrected chi connectivity index (χ1v) is 9.69. The number of hydrogen-bond acceptors (Lipinski definition) is 6. The molecule has 1 saturated heterocycles. The lowest BCUT2D eigenvalue weighted by Crippen LogP contribution is -2.32. The molecule has 0 aliphatic carbocycles. The molecule has 2 aromatic rings. The van der Waals surface area contributed by atoms with Gasteiger partial charge in [0.05, 0.1) is 5.69 Å². The molecule has 30 heavy (non-hydrogen) atoms. The Kier molecular flexibility index (Phi) is 5.54. The number of carbonyl (C=O) groups excluding carboxylic acids is 2. The van der Waals surface area contributed by atoms with Crippen molar-refractivity contribution in [1.29, 1.82) is 0 Å². The predicted octanol–water partition coefficient (Wildman–Crippen LogP) is 1.56. The molecule has 2 heterocycles. The van der Waals surface area contributed by atoms with Crippen LogP contribution in [0.25, 0.3) is 0 Å². The summed E-state index contributed by atoms with van der Waals surface area (Å²) in [5.41, 5.74) is 0.543. The van der Waals surface area contributed by atoms with Crippen molar-refractivity contribution in [1.82, 2.24) is 9.88 Å². The molecule has 10 nitrogen and oxygen atoms in total. The Labute approximate surface area is 168 Å². The third-order valence-electron chi connectivity index (χ3n) is 3.81. The van der Waals surface area contributed by atoms with Crippen LogP contribution in [-0.4, -0.2) is 43.1 Å². The topological polar surface area (TPSA) is 135 Å². The minimum absolute atomic E-state index is 0.0435. The third-order valence-corrected chi connectivity index (χ3v) is 4.30. The van der Waals surface area contributed by atoms with Gasteiger partial charge in [0.15, 0.2) is 0 Å². The molecule has 0 radical (unpaired) electrons. The van der Waals surface area contributed by atoms with Gasteiger partial charge in [0.1, 0.15) is 18.1 Å². The zero-order valence-corrected chi connectivity index (χ0v) is 15.8. The molecule has 3 N–H and O–H groups in total. The van der Waals surface area contributed by atoms with Crippen molar-refractivity contribution in [2.75, 3.05) is 16.2 Å². The number of pyridine rings is 1. The van der Waals surface area contributed by atoms with Crippen molar-refractivity contribution in [2.45, 2.75) is 12.9 Å². The largest absolute Gasteiger partial charge is 0.573 e. The summed E-state index contributed by atoms with van der Waals surface area (Å²) < 4.78 is 64.7. The van der Waals surface area contributed by atoms with Gasteiger partial charge in [-0.15, -0.1) is 13.2 Å². The van der Waals surface area contributed by atoms with Gasteiger partial charge in [0.2, 0.25) is 0 Å². The number of alkyl halides is 3. The highest BCUT2D eigenvalue weighted by Gasteiger charge is 2.37. The molecule has 1 fully saturated rings. The molecule has 3 amide bonds. The Morgan fingerprint density at radius 1 is 1.17 bits per heavy atom. The number of aromatic nitrogens is 1. The number of carbonyl (C=O) groups is 2. The molecule has 1 aromatic heterocycles. The van der Waals surface area contributed by atoms with Gasteiger partial charge in [-0.3, -0.25) is 9.52 Å². The second-order valence-electron chi connectivity index (χ2n) is 6.11. The van der Waals surface area contributed by atoms with Crippen LogP contribution in [0, 0.1) is 0 Å². The Hall–Kier alpha value is -3.39. The van der Waals surface area contributed by atoms with E-state index in [1.807, 2.05) is 4.72 Å². The second-order valence-corrected chi connectivity index (χ2v) is 7.40. The van der Waals surface area contributed by atoms with E-state index in [4.69, 9.17) is 5.14 Å². The fourth-order valence-corrected chi connectivity index (χ4v) is 3.12. The number of benzene rings is 1. The summed E-state index contributed by atoms with van der Waals surface area (Å²) in [5, 5.41) is 4.88. The summed E-state index contributed by atoms with van der Waals surface area (Å²) in [6.45, 7) is -0.321. The van der Waals surface area contributed by atoms with E-state index < -0.39 is 34.3 Å². The lowest BCUT2D eigenvalue weighted by molar-refractivity contribution is -0.274. The monoisotopic (exact) mass is 445 g/mol. The summed E-state index contributed by atoms with van der Waals surface area (Å²) in [5.74, 6) is -1.14. The van der Waals surface area contributed by atoms with Crippen molar-refractivity contribution >= 4 is 33.7 Å². The molecule has 0 bridgehead atoms. The van der Waals surface area contributed by atoms with E-state index >= 15 is 0 Å². The zero-order chi connectivity index (χ0) is 22.1. The van der Waals surface area contributed by atoms with Crippen LogP contribution < -0.4 is 19.5 Å². The number of nitrogens with zero attached hydrogens (tertiary/aromatic N) is 3. The van der Waals surface area contributed by atoms with Gasteiger partial charge in [-0.2, -0.15) is 8.42 Å². The van der Waals surface area contributed by atoms with Gasteiger partial charge < -0.3 is 9.64 Å². The molecule has 0 unspecified atom stereocenters. The first-order valence-electron chi connectivity index (χ1n) is 8.14. The molecule has 0 spiro atoms. The van der Waals surface area contributed by atoms with E-state index in [2.05, 4.69) is 9.72 Å². The number of nitrogens with one attached hydrogen (secondary N) is 1. The van der Waals surface area contributed by atoms with E-state index in [0.717, 1.165) is 29.2 Å². The molecule has 1 aromatic carbocycles. The van der Waals surface area contributed by atoms with Gasteiger partial charge in [-0.1, -0.05) is 0 Å². The standard InChI is InChI=1S/C16H14F3N5O5S/c17-16(18,19)29-12-3-1-11(2-4-12)24-14(25)9-23(15(24)26)8-10-5-6-21-13(7-10)22-30(20,27)28/h1-7H,8-9H2,(H,21,22)(H2,20,27,28). The molecule has 160 valence electrons. The Morgan fingerprint density at radius 3 is 2.43 bits per heavy atom. The van der Waals surface area contributed by atoms with Crippen molar-refractivity contribution < 1.29 is 35.9 Å². The number of nitrogens with two attached hydrogens (primary N) is 1. The summed E-state index contributed by atoms with van der Waals surface area (Å²) in [6, 6.07) is 6.44. The molecular weight excluding hydrogens is 431 g/mol. The van der Waals surface area contributed by atoms with Crippen LogP contribution in [0.1, 0.15) is 5.56 Å². The summed E-state index contributed by atoms with van der Waals surface area (Å²) in [4.78, 5) is 30.7. The van der Waals surface area contributed by atoms with Crippen LogP contribution in [0.3, 0.4) is 0 Å². The van der Waals surface area contributed by atoms with Gasteiger partial charge in [-0.25, -0.2) is 19.8 Å². The molecular formula is C16H14F3N5O5S. The van der Waals surface area contributed by atoms with Crippen molar-refractivity contribution in [3.8, 4) is 5.75 Å². The van der Waals surface area contributed by atoms with Gasteiger partial charge >= 0.3 is 12.4 Å². The molecule has 1 aliphatic rings.